The van der Waals surface area contributed by atoms with Crippen LogP contribution in [-0.4, -0.2) is 53.9 Å². The Morgan fingerprint density at radius 2 is 1.61 bits per heavy atom. The number of carbonyl (C=O) groups excluding carboxylic acids is 2. The van der Waals surface area contributed by atoms with E-state index in [1.807, 2.05) is 38.1 Å². The Morgan fingerprint density at radius 1 is 1.00 bits per heavy atom. The number of ether oxygens (including phenoxy) is 1. The molecule has 0 N–H and O–H groups in total. The number of benzene rings is 2. The zero-order valence-electron chi connectivity index (χ0n) is 18.4. The first-order valence-electron chi connectivity index (χ1n) is 10.8. The molecular weight excluding hydrogens is 390 g/mol. The average molecular weight is 420 g/mol. The van der Waals surface area contributed by atoms with E-state index in [1.165, 1.54) is 5.56 Å². The van der Waals surface area contributed by atoms with Gasteiger partial charge >= 0.3 is 0 Å². The Bertz CT molecular complexity index is 955. The number of piperazine rings is 1. The third kappa shape index (κ3) is 5.24. The van der Waals surface area contributed by atoms with Crippen molar-refractivity contribution in [1.82, 2.24) is 9.80 Å². The maximum atomic E-state index is 13.2. The third-order valence-electron chi connectivity index (χ3n) is 5.60. The molecule has 1 fully saturated rings. The number of carbonyl (C=O) groups is 2. The minimum atomic E-state index is -0.682. The van der Waals surface area contributed by atoms with E-state index in [1.54, 1.807) is 34.1 Å². The minimum Gasteiger partial charge on any atom is -0.479 e. The number of nitriles is 1. The largest absolute Gasteiger partial charge is 0.479 e. The highest BCUT2D eigenvalue weighted by Gasteiger charge is 2.32. The van der Waals surface area contributed by atoms with Crippen LogP contribution in [0.5, 0.6) is 5.75 Å². The van der Waals surface area contributed by atoms with E-state index in [-0.39, 0.29) is 17.7 Å². The molecule has 1 aliphatic rings. The zero-order chi connectivity index (χ0) is 22.4. The highest BCUT2D eigenvalue weighted by atomic mass is 16.5. The van der Waals surface area contributed by atoms with Crippen LogP contribution in [-0.2, 0) is 11.2 Å². The van der Waals surface area contributed by atoms with Gasteiger partial charge in [0, 0.05) is 31.7 Å². The molecule has 0 saturated carbocycles. The molecule has 6 nitrogen and oxygen atoms in total. The summed E-state index contributed by atoms with van der Waals surface area (Å²) in [4.78, 5) is 29.5. The Balaban J connectivity index is 1.63. The smallest absolute Gasteiger partial charge is 0.264 e. The highest BCUT2D eigenvalue weighted by molar-refractivity contribution is 5.94. The fourth-order valence-corrected chi connectivity index (χ4v) is 3.65. The molecule has 1 heterocycles. The van der Waals surface area contributed by atoms with Gasteiger partial charge in [0.2, 0.25) is 0 Å². The molecule has 0 bridgehead atoms. The van der Waals surface area contributed by atoms with E-state index in [0.29, 0.717) is 43.1 Å². The van der Waals surface area contributed by atoms with Crippen molar-refractivity contribution in [3.63, 3.8) is 0 Å². The van der Waals surface area contributed by atoms with Gasteiger partial charge in [-0.1, -0.05) is 45.0 Å². The number of rotatable bonds is 6. The summed E-state index contributed by atoms with van der Waals surface area (Å²) < 4.78 is 5.98. The molecule has 1 saturated heterocycles. The van der Waals surface area contributed by atoms with Gasteiger partial charge in [-0.25, -0.2) is 0 Å². The second-order valence-corrected chi connectivity index (χ2v) is 8.06. The van der Waals surface area contributed by atoms with Gasteiger partial charge < -0.3 is 14.5 Å². The molecule has 6 heteroatoms. The van der Waals surface area contributed by atoms with Crippen molar-refractivity contribution in [2.75, 3.05) is 26.2 Å². The molecule has 0 aliphatic carbocycles. The SMILES string of the molecule is CCc1ccc(C(=O)N2CCN(C(=O)C(Oc3ccccc3C#N)C(C)C)CC2)cc1. The average Bonchev–Trinajstić information content (AvgIpc) is 2.81. The molecule has 0 spiro atoms. The molecule has 0 radical (unpaired) electrons. The van der Waals surface area contributed by atoms with E-state index < -0.39 is 6.10 Å². The summed E-state index contributed by atoms with van der Waals surface area (Å²) in [6.45, 7) is 7.84. The number of amides is 2. The summed E-state index contributed by atoms with van der Waals surface area (Å²) in [5.74, 6) is 0.244. The zero-order valence-corrected chi connectivity index (χ0v) is 18.4. The van der Waals surface area contributed by atoms with E-state index in [0.717, 1.165) is 6.42 Å². The van der Waals surface area contributed by atoms with Gasteiger partial charge in [-0.15, -0.1) is 0 Å². The van der Waals surface area contributed by atoms with Crippen LogP contribution >= 0.6 is 0 Å². The van der Waals surface area contributed by atoms with Crippen LogP contribution in [0.2, 0.25) is 0 Å². The van der Waals surface area contributed by atoms with Gasteiger partial charge in [0.15, 0.2) is 6.10 Å². The minimum absolute atomic E-state index is 0.00522. The van der Waals surface area contributed by atoms with Crippen molar-refractivity contribution in [3.8, 4) is 11.8 Å². The third-order valence-corrected chi connectivity index (χ3v) is 5.60. The molecule has 1 aliphatic heterocycles. The number of hydrogen-bond donors (Lipinski definition) is 0. The Hall–Kier alpha value is -3.33. The van der Waals surface area contributed by atoms with Crippen LogP contribution in [0.3, 0.4) is 0 Å². The lowest BCUT2D eigenvalue weighted by Crippen LogP contribution is -2.54. The monoisotopic (exact) mass is 419 g/mol. The molecule has 2 aromatic carbocycles. The van der Waals surface area contributed by atoms with E-state index in [9.17, 15) is 14.9 Å². The number of para-hydroxylation sites is 1. The normalized spacial score (nSPS) is 14.8. The van der Waals surface area contributed by atoms with Crippen molar-refractivity contribution in [2.24, 2.45) is 5.92 Å². The standard InChI is InChI=1S/C25H29N3O3/c1-4-19-9-11-20(12-10-19)24(29)27-13-15-28(16-14-27)25(30)23(18(2)3)31-22-8-6-5-7-21(22)17-26/h5-12,18,23H,4,13-16H2,1-3H3. The predicted octanol–water partition coefficient (Wildman–Crippen LogP) is 3.51. The van der Waals surface area contributed by atoms with E-state index in [2.05, 4.69) is 13.0 Å². The maximum absolute atomic E-state index is 13.2. The number of nitrogens with zero attached hydrogens (tertiary/aromatic N) is 3. The van der Waals surface area contributed by atoms with Gasteiger partial charge in [0.25, 0.3) is 11.8 Å². The van der Waals surface area contributed by atoms with Gasteiger partial charge in [0.1, 0.15) is 11.8 Å². The van der Waals surface area contributed by atoms with Crippen LogP contribution < -0.4 is 4.74 Å². The summed E-state index contributed by atoms with van der Waals surface area (Å²) in [5, 5.41) is 9.30. The summed E-state index contributed by atoms with van der Waals surface area (Å²) >= 11 is 0. The van der Waals surface area contributed by atoms with Crippen molar-refractivity contribution < 1.29 is 14.3 Å². The predicted molar refractivity (Wildman–Crippen MR) is 119 cm³/mol. The molecule has 3 rings (SSSR count). The Morgan fingerprint density at radius 3 is 2.19 bits per heavy atom. The Kier molecular flexibility index (Phi) is 7.30. The summed E-state index contributed by atoms with van der Waals surface area (Å²) in [7, 11) is 0. The lowest BCUT2D eigenvalue weighted by atomic mass is 10.0. The highest BCUT2D eigenvalue weighted by Crippen LogP contribution is 2.22. The molecule has 1 atom stereocenters. The van der Waals surface area contributed by atoms with Gasteiger partial charge in [-0.3, -0.25) is 9.59 Å². The number of aryl methyl sites for hydroxylation is 1. The fourth-order valence-electron chi connectivity index (χ4n) is 3.65. The molecule has 1 unspecified atom stereocenters. The van der Waals surface area contributed by atoms with Crippen molar-refractivity contribution >= 4 is 11.8 Å². The molecule has 162 valence electrons. The summed E-state index contributed by atoms with van der Waals surface area (Å²) in [5.41, 5.74) is 2.28. The first kappa shape index (κ1) is 22.4. The summed E-state index contributed by atoms with van der Waals surface area (Å²) in [6, 6.07) is 16.7. The van der Waals surface area contributed by atoms with Gasteiger partial charge in [-0.2, -0.15) is 5.26 Å². The maximum Gasteiger partial charge on any atom is 0.264 e. The number of hydrogen-bond acceptors (Lipinski definition) is 4. The lowest BCUT2D eigenvalue weighted by molar-refractivity contribution is -0.142. The second-order valence-electron chi connectivity index (χ2n) is 8.06. The molecular formula is C25H29N3O3. The second kappa shape index (κ2) is 10.1. The molecule has 0 aromatic heterocycles. The van der Waals surface area contributed by atoms with Crippen molar-refractivity contribution in [2.45, 2.75) is 33.3 Å². The first-order chi connectivity index (χ1) is 14.9. The molecule has 2 aromatic rings. The van der Waals surface area contributed by atoms with Crippen LogP contribution in [0.25, 0.3) is 0 Å². The topological polar surface area (TPSA) is 73.6 Å². The van der Waals surface area contributed by atoms with E-state index in [4.69, 9.17) is 4.74 Å². The van der Waals surface area contributed by atoms with Crippen LogP contribution in [0.4, 0.5) is 0 Å². The quantitative estimate of drug-likeness (QED) is 0.718. The van der Waals surface area contributed by atoms with Crippen molar-refractivity contribution in [1.29, 1.82) is 5.26 Å². The van der Waals surface area contributed by atoms with E-state index >= 15 is 0 Å². The lowest BCUT2D eigenvalue weighted by Gasteiger charge is -2.37. The first-order valence-corrected chi connectivity index (χ1v) is 10.8. The van der Waals surface area contributed by atoms with Crippen LogP contribution in [0.1, 0.15) is 42.3 Å². The van der Waals surface area contributed by atoms with Crippen molar-refractivity contribution in [3.05, 3.63) is 65.2 Å². The molecule has 31 heavy (non-hydrogen) atoms. The molecule has 2 amide bonds. The van der Waals surface area contributed by atoms with Gasteiger partial charge in [-0.05, 0) is 42.2 Å². The van der Waals surface area contributed by atoms with Crippen LogP contribution in [0.15, 0.2) is 48.5 Å². The summed E-state index contributed by atoms with van der Waals surface area (Å²) in [6.07, 6.45) is 0.256. The Labute approximate surface area is 184 Å². The van der Waals surface area contributed by atoms with Crippen LogP contribution in [0, 0.1) is 17.2 Å². The van der Waals surface area contributed by atoms with Gasteiger partial charge in [0.05, 0.1) is 5.56 Å². The fraction of sp³-hybridized carbons (Fsp3) is 0.400.